The highest BCUT2D eigenvalue weighted by molar-refractivity contribution is 5.79. The van der Waals surface area contributed by atoms with E-state index in [1.165, 1.54) is 6.07 Å². The monoisotopic (exact) mass is 349 g/mol. The topological polar surface area (TPSA) is 45.7 Å². The van der Waals surface area contributed by atoms with Crippen LogP contribution in [0.15, 0.2) is 23.2 Å². The molecule has 0 aliphatic rings. The molecule has 2 N–H and O–H groups in total. The second-order valence-corrected chi connectivity index (χ2v) is 5.23. The SMILES string of the molecule is CCNC(=NCc1ccc(C)c(F)c1)NCCCOCC(F)(F)F. The Kier molecular flexibility index (Phi) is 8.53. The summed E-state index contributed by atoms with van der Waals surface area (Å²) in [6, 6.07) is 4.93. The summed E-state index contributed by atoms with van der Waals surface area (Å²) in [6.07, 6.45) is -3.88. The Morgan fingerprint density at radius 2 is 2.00 bits per heavy atom. The summed E-state index contributed by atoms with van der Waals surface area (Å²) in [6.45, 7) is 3.72. The molecule has 0 aliphatic heterocycles. The van der Waals surface area contributed by atoms with E-state index in [0.717, 1.165) is 5.56 Å². The lowest BCUT2D eigenvalue weighted by Gasteiger charge is -2.12. The van der Waals surface area contributed by atoms with Crippen LogP contribution in [0.3, 0.4) is 0 Å². The molecule has 0 bridgehead atoms. The van der Waals surface area contributed by atoms with Crippen molar-refractivity contribution >= 4 is 5.96 Å². The van der Waals surface area contributed by atoms with Gasteiger partial charge >= 0.3 is 6.18 Å². The zero-order valence-corrected chi connectivity index (χ0v) is 13.8. The quantitative estimate of drug-likeness (QED) is 0.328. The Morgan fingerprint density at radius 3 is 2.62 bits per heavy atom. The number of aliphatic imine (C=N–C) groups is 1. The van der Waals surface area contributed by atoms with Crippen molar-refractivity contribution in [2.75, 3.05) is 26.3 Å². The van der Waals surface area contributed by atoms with Crippen molar-refractivity contribution in [2.45, 2.75) is 33.0 Å². The normalized spacial score (nSPS) is 12.3. The number of aryl methyl sites for hydroxylation is 1. The first-order valence-electron chi connectivity index (χ1n) is 7.73. The smallest absolute Gasteiger partial charge is 0.372 e. The summed E-state index contributed by atoms with van der Waals surface area (Å²) < 4.78 is 53.7. The van der Waals surface area contributed by atoms with Crippen molar-refractivity contribution in [1.82, 2.24) is 10.6 Å². The average molecular weight is 349 g/mol. The third-order valence-corrected chi connectivity index (χ3v) is 3.02. The van der Waals surface area contributed by atoms with Gasteiger partial charge in [-0.05, 0) is 37.5 Å². The average Bonchev–Trinajstić information content (AvgIpc) is 2.50. The summed E-state index contributed by atoms with van der Waals surface area (Å²) >= 11 is 0. The van der Waals surface area contributed by atoms with Crippen LogP contribution < -0.4 is 10.6 Å². The molecular weight excluding hydrogens is 326 g/mol. The third-order valence-electron chi connectivity index (χ3n) is 3.02. The Morgan fingerprint density at radius 1 is 1.25 bits per heavy atom. The second kappa shape index (κ2) is 10.1. The highest BCUT2D eigenvalue weighted by Gasteiger charge is 2.27. The van der Waals surface area contributed by atoms with Gasteiger partial charge in [0.25, 0.3) is 0 Å². The maximum atomic E-state index is 13.5. The molecule has 0 spiro atoms. The first-order chi connectivity index (χ1) is 11.3. The van der Waals surface area contributed by atoms with Crippen molar-refractivity contribution in [3.8, 4) is 0 Å². The molecule has 0 aliphatic carbocycles. The van der Waals surface area contributed by atoms with E-state index in [1.807, 2.05) is 6.92 Å². The number of ether oxygens (including phenoxy) is 1. The highest BCUT2D eigenvalue weighted by atomic mass is 19.4. The molecule has 1 aromatic carbocycles. The summed E-state index contributed by atoms with van der Waals surface area (Å²) in [5, 5.41) is 6.02. The summed E-state index contributed by atoms with van der Waals surface area (Å²) in [7, 11) is 0. The zero-order chi connectivity index (χ0) is 18.0. The van der Waals surface area contributed by atoms with Crippen LogP contribution in [0, 0.1) is 12.7 Å². The summed E-state index contributed by atoms with van der Waals surface area (Å²) in [5.74, 6) is 0.247. The van der Waals surface area contributed by atoms with Crippen molar-refractivity contribution in [3.63, 3.8) is 0 Å². The molecule has 136 valence electrons. The standard InChI is InChI=1S/C16H23F4N3O/c1-3-21-15(22-7-4-8-24-11-16(18,19)20)23-10-13-6-5-12(2)14(17)9-13/h5-6,9H,3-4,7-8,10-11H2,1-2H3,(H2,21,22,23). The Balaban J connectivity index is 2.38. The predicted octanol–water partition coefficient (Wildman–Crippen LogP) is 3.16. The van der Waals surface area contributed by atoms with Gasteiger partial charge in [0.15, 0.2) is 5.96 Å². The van der Waals surface area contributed by atoms with E-state index in [0.29, 0.717) is 37.6 Å². The Labute approximate surface area is 139 Å². The second-order valence-electron chi connectivity index (χ2n) is 5.23. The molecule has 0 heterocycles. The maximum absolute atomic E-state index is 13.5. The number of nitrogens with zero attached hydrogens (tertiary/aromatic N) is 1. The van der Waals surface area contributed by atoms with Crippen LogP contribution in [0.25, 0.3) is 0 Å². The number of guanidine groups is 1. The molecule has 0 saturated carbocycles. The molecule has 0 radical (unpaired) electrons. The molecule has 0 atom stereocenters. The van der Waals surface area contributed by atoms with Gasteiger partial charge in [-0.15, -0.1) is 0 Å². The van der Waals surface area contributed by atoms with Crippen LogP contribution in [0.2, 0.25) is 0 Å². The molecule has 0 unspecified atom stereocenters. The van der Waals surface area contributed by atoms with E-state index in [-0.39, 0.29) is 12.4 Å². The largest absolute Gasteiger partial charge is 0.411 e. The van der Waals surface area contributed by atoms with Crippen LogP contribution >= 0.6 is 0 Å². The van der Waals surface area contributed by atoms with Crippen molar-refractivity contribution in [3.05, 3.63) is 35.1 Å². The van der Waals surface area contributed by atoms with E-state index >= 15 is 0 Å². The van der Waals surface area contributed by atoms with Crippen LogP contribution in [0.1, 0.15) is 24.5 Å². The van der Waals surface area contributed by atoms with Crippen LogP contribution in [0.4, 0.5) is 17.6 Å². The van der Waals surface area contributed by atoms with Crippen LogP contribution in [0.5, 0.6) is 0 Å². The number of halogens is 4. The van der Waals surface area contributed by atoms with Crippen molar-refractivity contribution in [2.24, 2.45) is 4.99 Å². The van der Waals surface area contributed by atoms with E-state index < -0.39 is 12.8 Å². The molecule has 0 amide bonds. The van der Waals surface area contributed by atoms with Gasteiger partial charge in [-0.25, -0.2) is 9.38 Å². The van der Waals surface area contributed by atoms with Crippen LogP contribution in [-0.4, -0.2) is 38.4 Å². The molecule has 24 heavy (non-hydrogen) atoms. The number of benzene rings is 1. The molecule has 0 saturated heterocycles. The lowest BCUT2D eigenvalue weighted by molar-refractivity contribution is -0.173. The number of alkyl halides is 3. The molecule has 8 heteroatoms. The molecule has 0 fully saturated rings. The van der Waals surface area contributed by atoms with Crippen molar-refractivity contribution < 1.29 is 22.3 Å². The van der Waals surface area contributed by atoms with Gasteiger partial charge in [0.1, 0.15) is 12.4 Å². The number of hydrogen-bond donors (Lipinski definition) is 2. The van der Waals surface area contributed by atoms with E-state index in [4.69, 9.17) is 0 Å². The lowest BCUT2D eigenvalue weighted by atomic mass is 10.1. The molecule has 0 aromatic heterocycles. The van der Waals surface area contributed by atoms with Gasteiger partial charge in [0.05, 0.1) is 6.54 Å². The molecule has 1 rings (SSSR count). The number of rotatable bonds is 8. The Bertz CT molecular complexity index is 533. The van der Waals surface area contributed by atoms with Gasteiger partial charge in [0, 0.05) is 19.7 Å². The first kappa shape index (κ1) is 20.2. The molecule has 4 nitrogen and oxygen atoms in total. The number of hydrogen-bond acceptors (Lipinski definition) is 2. The Hall–Kier alpha value is -1.83. The summed E-state index contributed by atoms with van der Waals surface area (Å²) in [4.78, 5) is 4.32. The predicted molar refractivity (Wildman–Crippen MR) is 85.4 cm³/mol. The third kappa shape index (κ3) is 8.71. The minimum atomic E-state index is -4.30. The fraction of sp³-hybridized carbons (Fsp3) is 0.562. The fourth-order valence-corrected chi connectivity index (χ4v) is 1.82. The van der Waals surface area contributed by atoms with Crippen LogP contribution in [-0.2, 0) is 11.3 Å². The maximum Gasteiger partial charge on any atom is 0.411 e. The summed E-state index contributed by atoms with van der Waals surface area (Å²) in [5.41, 5.74) is 1.32. The highest BCUT2D eigenvalue weighted by Crippen LogP contribution is 2.14. The van der Waals surface area contributed by atoms with Gasteiger partial charge in [-0.3, -0.25) is 0 Å². The molecular formula is C16H23F4N3O. The molecule has 1 aromatic rings. The van der Waals surface area contributed by atoms with Crippen molar-refractivity contribution in [1.29, 1.82) is 0 Å². The minimum absolute atomic E-state index is 0.00902. The van der Waals surface area contributed by atoms with E-state index in [2.05, 4.69) is 20.4 Å². The van der Waals surface area contributed by atoms with Gasteiger partial charge in [-0.2, -0.15) is 13.2 Å². The first-order valence-corrected chi connectivity index (χ1v) is 7.73. The van der Waals surface area contributed by atoms with Gasteiger partial charge < -0.3 is 15.4 Å². The zero-order valence-electron chi connectivity index (χ0n) is 13.8. The van der Waals surface area contributed by atoms with E-state index in [1.54, 1.807) is 19.1 Å². The van der Waals surface area contributed by atoms with Gasteiger partial charge in [-0.1, -0.05) is 12.1 Å². The minimum Gasteiger partial charge on any atom is -0.372 e. The fourth-order valence-electron chi connectivity index (χ4n) is 1.82. The van der Waals surface area contributed by atoms with Gasteiger partial charge in [0.2, 0.25) is 0 Å². The van der Waals surface area contributed by atoms with E-state index in [9.17, 15) is 17.6 Å². The number of nitrogens with one attached hydrogen (secondary N) is 2. The lowest BCUT2D eigenvalue weighted by Crippen LogP contribution is -2.38.